The van der Waals surface area contributed by atoms with Crippen LogP contribution in [0.1, 0.15) is 25.0 Å². The minimum atomic E-state index is -2.80. The zero-order chi connectivity index (χ0) is 23.5. The van der Waals surface area contributed by atoms with Crippen LogP contribution in [0, 0.1) is 0 Å². The second-order valence-electron chi connectivity index (χ2n) is 6.82. The molecular formula is C24H30O8. The highest BCUT2D eigenvalue weighted by Crippen LogP contribution is 2.43. The zero-order valence-electron chi connectivity index (χ0n) is 18.4. The Morgan fingerprint density at radius 2 is 1.00 bits per heavy atom. The van der Waals surface area contributed by atoms with Crippen LogP contribution in [0.25, 0.3) is 0 Å². The van der Waals surface area contributed by atoms with E-state index in [0.29, 0.717) is 13.2 Å². The predicted octanol–water partition coefficient (Wildman–Crippen LogP) is 1.92. The molecule has 2 rings (SSSR count). The van der Waals surface area contributed by atoms with Gasteiger partial charge in [0.2, 0.25) is 11.2 Å². The Balaban J connectivity index is 2.54. The van der Waals surface area contributed by atoms with Crippen molar-refractivity contribution in [3.05, 3.63) is 71.8 Å². The van der Waals surface area contributed by atoms with Gasteiger partial charge >= 0.3 is 11.9 Å². The van der Waals surface area contributed by atoms with E-state index in [4.69, 9.17) is 18.9 Å². The second-order valence-corrected chi connectivity index (χ2v) is 6.82. The number of benzene rings is 2. The summed E-state index contributed by atoms with van der Waals surface area (Å²) in [4.78, 5) is 26.4. The molecule has 0 bridgehead atoms. The van der Waals surface area contributed by atoms with Gasteiger partial charge in [-0.3, -0.25) is 0 Å². The molecule has 0 aliphatic rings. The number of ether oxygens (including phenoxy) is 4. The Morgan fingerprint density at radius 1 is 0.656 bits per heavy atom. The maximum Gasteiger partial charge on any atom is 0.347 e. The maximum absolute atomic E-state index is 13.2. The van der Waals surface area contributed by atoms with Crippen LogP contribution < -0.4 is 0 Å². The van der Waals surface area contributed by atoms with E-state index in [1.807, 2.05) is 0 Å². The molecule has 0 aliphatic carbocycles. The van der Waals surface area contributed by atoms with Gasteiger partial charge < -0.3 is 29.2 Å². The molecule has 0 fully saturated rings. The number of hydrogen-bond acceptors (Lipinski definition) is 8. The van der Waals surface area contributed by atoms with Crippen molar-refractivity contribution in [2.75, 3.05) is 39.6 Å². The minimum Gasteiger partial charge on any atom is -0.461 e. The van der Waals surface area contributed by atoms with Gasteiger partial charge in [0.1, 0.15) is 13.2 Å². The first-order valence-electron chi connectivity index (χ1n) is 10.5. The van der Waals surface area contributed by atoms with Gasteiger partial charge in [0, 0.05) is 13.2 Å². The molecule has 0 radical (unpaired) electrons. The van der Waals surface area contributed by atoms with Crippen LogP contribution in [0.15, 0.2) is 60.7 Å². The number of carbonyl (C=O) groups excluding carboxylic acids is 2. The molecule has 174 valence electrons. The topological polar surface area (TPSA) is 112 Å². The molecule has 0 spiro atoms. The molecule has 2 aromatic carbocycles. The number of esters is 2. The molecule has 8 heteroatoms. The predicted molar refractivity (Wildman–Crippen MR) is 116 cm³/mol. The van der Waals surface area contributed by atoms with Crippen molar-refractivity contribution in [2.24, 2.45) is 0 Å². The Labute approximate surface area is 187 Å². The summed E-state index contributed by atoms with van der Waals surface area (Å²) in [7, 11) is 0. The van der Waals surface area contributed by atoms with Gasteiger partial charge in [0.25, 0.3) is 0 Å². The maximum atomic E-state index is 13.2. The fourth-order valence-electron chi connectivity index (χ4n) is 3.19. The van der Waals surface area contributed by atoms with Crippen LogP contribution in [0.4, 0.5) is 0 Å². The molecule has 0 saturated heterocycles. The Hall–Kier alpha value is -2.78. The van der Waals surface area contributed by atoms with E-state index in [2.05, 4.69) is 0 Å². The quantitative estimate of drug-likeness (QED) is 0.355. The van der Waals surface area contributed by atoms with Crippen LogP contribution in [-0.4, -0.2) is 61.8 Å². The van der Waals surface area contributed by atoms with E-state index in [9.17, 15) is 19.8 Å². The van der Waals surface area contributed by atoms with Crippen molar-refractivity contribution in [3.63, 3.8) is 0 Å². The molecule has 2 aromatic rings. The third-order valence-corrected chi connectivity index (χ3v) is 4.83. The van der Waals surface area contributed by atoms with Crippen molar-refractivity contribution in [1.29, 1.82) is 0 Å². The normalized spacial score (nSPS) is 14.8. The van der Waals surface area contributed by atoms with E-state index in [1.165, 1.54) is 24.3 Å². The lowest BCUT2D eigenvalue weighted by Crippen LogP contribution is -2.60. The average molecular weight is 446 g/mol. The Bertz CT molecular complexity index is 770. The van der Waals surface area contributed by atoms with E-state index in [-0.39, 0.29) is 37.6 Å². The van der Waals surface area contributed by atoms with E-state index in [1.54, 1.807) is 50.2 Å². The van der Waals surface area contributed by atoms with Crippen LogP contribution in [0.3, 0.4) is 0 Å². The highest BCUT2D eigenvalue weighted by molar-refractivity contribution is 5.94. The minimum absolute atomic E-state index is 0.0329. The molecule has 0 saturated carbocycles. The van der Waals surface area contributed by atoms with Crippen molar-refractivity contribution in [1.82, 2.24) is 0 Å². The number of hydrogen-bond donors (Lipinski definition) is 2. The average Bonchev–Trinajstić information content (AvgIpc) is 2.84. The van der Waals surface area contributed by atoms with Gasteiger partial charge in [-0.1, -0.05) is 60.7 Å². The summed E-state index contributed by atoms with van der Waals surface area (Å²) < 4.78 is 20.8. The molecule has 8 nitrogen and oxygen atoms in total. The van der Waals surface area contributed by atoms with E-state index < -0.39 is 23.1 Å². The van der Waals surface area contributed by atoms with Crippen LogP contribution in [0.2, 0.25) is 0 Å². The third kappa shape index (κ3) is 5.52. The smallest absolute Gasteiger partial charge is 0.347 e. The second kappa shape index (κ2) is 12.3. The zero-order valence-corrected chi connectivity index (χ0v) is 18.4. The monoisotopic (exact) mass is 446 g/mol. The number of rotatable bonds is 13. The molecule has 32 heavy (non-hydrogen) atoms. The SMILES string of the molecule is CCOCCOC(=O)C(O)(c1ccccc1)C(O)(C(=O)OCCOCC)c1ccccc1. The summed E-state index contributed by atoms with van der Waals surface area (Å²) in [5.41, 5.74) is -5.67. The molecule has 2 unspecified atom stereocenters. The fourth-order valence-corrected chi connectivity index (χ4v) is 3.19. The summed E-state index contributed by atoms with van der Waals surface area (Å²) in [6, 6.07) is 15.3. The first kappa shape index (κ1) is 25.5. The van der Waals surface area contributed by atoms with E-state index in [0.717, 1.165) is 0 Å². The fraction of sp³-hybridized carbons (Fsp3) is 0.417. The van der Waals surface area contributed by atoms with Crippen molar-refractivity contribution in [2.45, 2.75) is 25.0 Å². The summed E-state index contributed by atoms with van der Waals surface area (Å²) in [5.74, 6) is -2.42. The number of carbonyl (C=O) groups is 2. The van der Waals surface area contributed by atoms with Gasteiger partial charge in [-0.15, -0.1) is 0 Å². The van der Waals surface area contributed by atoms with Gasteiger partial charge in [0.05, 0.1) is 13.2 Å². The summed E-state index contributed by atoms with van der Waals surface area (Å²) in [6.07, 6.45) is 0. The van der Waals surface area contributed by atoms with Crippen LogP contribution >= 0.6 is 0 Å². The molecule has 0 aliphatic heterocycles. The number of aliphatic hydroxyl groups is 2. The van der Waals surface area contributed by atoms with Gasteiger partial charge in [-0.2, -0.15) is 0 Å². The third-order valence-electron chi connectivity index (χ3n) is 4.83. The standard InChI is InChI=1S/C24H30O8/c1-3-29-15-17-31-21(25)23(27,19-11-7-5-8-12-19)24(28,20-13-9-6-10-14-20)22(26)32-18-16-30-4-2/h5-14,27-28H,3-4,15-18H2,1-2H3. The first-order valence-corrected chi connectivity index (χ1v) is 10.5. The molecule has 0 heterocycles. The summed E-state index contributed by atoms with van der Waals surface area (Å²) in [6.45, 7) is 4.24. The summed E-state index contributed by atoms with van der Waals surface area (Å²) >= 11 is 0. The molecule has 2 N–H and O–H groups in total. The lowest BCUT2D eigenvalue weighted by Gasteiger charge is -2.40. The molecule has 0 aromatic heterocycles. The van der Waals surface area contributed by atoms with Crippen molar-refractivity contribution in [3.8, 4) is 0 Å². The van der Waals surface area contributed by atoms with Crippen molar-refractivity contribution >= 4 is 11.9 Å². The van der Waals surface area contributed by atoms with Gasteiger partial charge in [0.15, 0.2) is 0 Å². The Morgan fingerprint density at radius 3 is 1.31 bits per heavy atom. The van der Waals surface area contributed by atoms with Gasteiger partial charge in [-0.05, 0) is 25.0 Å². The molecule has 0 amide bonds. The summed E-state index contributed by atoms with van der Waals surface area (Å²) in [5, 5.41) is 23.5. The first-order chi connectivity index (χ1) is 15.4. The largest absolute Gasteiger partial charge is 0.461 e. The lowest BCUT2D eigenvalue weighted by molar-refractivity contribution is -0.221. The van der Waals surface area contributed by atoms with Crippen LogP contribution in [-0.2, 0) is 39.7 Å². The molecule has 2 atom stereocenters. The highest BCUT2D eigenvalue weighted by atomic mass is 16.6. The van der Waals surface area contributed by atoms with Crippen molar-refractivity contribution < 1.29 is 38.7 Å². The highest BCUT2D eigenvalue weighted by Gasteiger charge is 2.64. The molecular weight excluding hydrogens is 416 g/mol. The lowest BCUT2D eigenvalue weighted by atomic mass is 9.73. The van der Waals surface area contributed by atoms with Gasteiger partial charge in [-0.25, -0.2) is 9.59 Å². The van der Waals surface area contributed by atoms with E-state index >= 15 is 0 Å². The van der Waals surface area contributed by atoms with Crippen LogP contribution in [0.5, 0.6) is 0 Å². The Kier molecular flexibility index (Phi) is 9.80.